The molecule has 0 spiro atoms. The topological polar surface area (TPSA) is 193 Å². The van der Waals surface area contributed by atoms with Crippen LogP contribution in [0.1, 0.15) is 26.4 Å². The number of amides is 3. The Morgan fingerprint density at radius 3 is 2.23 bits per heavy atom. The SMILES string of the molecule is COC(=O)Nc1ccc(-c2cc3c(C(=O)Nc4ccc(C#N)cc4C(=O)O)noc3cc2NC(=O)OC)cc1. The molecule has 4 N–H and O–H groups in total. The number of benzene rings is 3. The lowest BCUT2D eigenvalue weighted by Gasteiger charge is -2.12. The Hall–Kier alpha value is -5.90. The number of aromatic nitrogens is 1. The van der Waals surface area contributed by atoms with Crippen molar-refractivity contribution in [2.24, 2.45) is 0 Å². The molecule has 3 aromatic carbocycles. The van der Waals surface area contributed by atoms with E-state index in [1.54, 1.807) is 30.3 Å². The molecule has 4 rings (SSSR count). The summed E-state index contributed by atoms with van der Waals surface area (Å²) >= 11 is 0. The second-order valence-electron chi connectivity index (χ2n) is 7.87. The number of carbonyl (C=O) groups excluding carboxylic acids is 3. The molecule has 0 radical (unpaired) electrons. The van der Waals surface area contributed by atoms with E-state index in [-0.39, 0.29) is 39.2 Å². The van der Waals surface area contributed by atoms with Gasteiger partial charge in [-0.05, 0) is 42.0 Å². The summed E-state index contributed by atoms with van der Waals surface area (Å²) in [6.45, 7) is 0. The molecular formula is C26H19N5O8. The van der Waals surface area contributed by atoms with Gasteiger partial charge in [-0.2, -0.15) is 5.26 Å². The number of nitriles is 1. The Labute approximate surface area is 219 Å². The number of nitrogens with one attached hydrogen (secondary N) is 3. The molecule has 0 atom stereocenters. The van der Waals surface area contributed by atoms with Crippen LogP contribution in [0.2, 0.25) is 0 Å². The lowest BCUT2D eigenvalue weighted by molar-refractivity contribution is 0.0698. The van der Waals surface area contributed by atoms with Crippen molar-refractivity contribution in [1.82, 2.24) is 5.16 Å². The van der Waals surface area contributed by atoms with Crippen molar-refractivity contribution < 1.29 is 38.3 Å². The lowest BCUT2D eigenvalue weighted by Crippen LogP contribution is -2.15. The van der Waals surface area contributed by atoms with Crippen LogP contribution in [0.5, 0.6) is 0 Å². The molecule has 3 amide bonds. The van der Waals surface area contributed by atoms with Gasteiger partial charge in [-0.1, -0.05) is 17.3 Å². The van der Waals surface area contributed by atoms with Crippen LogP contribution < -0.4 is 16.0 Å². The summed E-state index contributed by atoms with van der Waals surface area (Å²) in [5.74, 6) is -2.10. The Kier molecular flexibility index (Phi) is 7.39. The van der Waals surface area contributed by atoms with E-state index in [1.807, 2.05) is 6.07 Å². The molecule has 13 heteroatoms. The fraction of sp³-hybridized carbons (Fsp3) is 0.0769. The number of aromatic carboxylic acids is 1. The fourth-order valence-electron chi connectivity index (χ4n) is 3.63. The average molecular weight is 529 g/mol. The number of hydrogen-bond acceptors (Lipinski definition) is 9. The molecule has 0 aliphatic heterocycles. The van der Waals surface area contributed by atoms with Crippen LogP contribution in [0.25, 0.3) is 22.1 Å². The number of methoxy groups -OCH3 is 2. The molecule has 4 aromatic rings. The second kappa shape index (κ2) is 11.0. The van der Waals surface area contributed by atoms with Gasteiger partial charge in [0, 0.05) is 17.3 Å². The van der Waals surface area contributed by atoms with Gasteiger partial charge in [-0.15, -0.1) is 0 Å². The average Bonchev–Trinajstić information content (AvgIpc) is 3.36. The highest BCUT2D eigenvalue weighted by molar-refractivity contribution is 6.14. The third-order valence-electron chi connectivity index (χ3n) is 5.50. The van der Waals surface area contributed by atoms with Crippen LogP contribution in [0.3, 0.4) is 0 Å². The van der Waals surface area contributed by atoms with E-state index in [9.17, 15) is 24.3 Å². The minimum atomic E-state index is -1.33. The summed E-state index contributed by atoms with van der Waals surface area (Å²) in [5.41, 5.74) is 1.58. The van der Waals surface area contributed by atoms with Crippen molar-refractivity contribution in [1.29, 1.82) is 5.26 Å². The highest BCUT2D eigenvalue weighted by atomic mass is 16.5. The van der Waals surface area contributed by atoms with Crippen LogP contribution in [0, 0.1) is 11.3 Å². The Morgan fingerprint density at radius 2 is 1.59 bits per heavy atom. The summed E-state index contributed by atoms with van der Waals surface area (Å²) < 4.78 is 14.6. The van der Waals surface area contributed by atoms with Gasteiger partial charge < -0.3 is 24.4 Å². The van der Waals surface area contributed by atoms with Gasteiger partial charge in [0.2, 0.25) is 0 Å². The first-order chi connectivity index (χ1) is 18.7. The van der Waals surface area contributed by atoms with Crippen LogP contribution in [-0.4, -0.2) is 48.5 Å². The standard InChI is InChI=1S/C26H19N5O8/c1-37-25(35)28-15-6-4-14(5-7-15)16-10-18-21(11-20(16)30-26(36)38-2)39-31-22(18)23(32)29-19-8-3-13(12-27)9-17(19)24(33)34/h3-11H,1-2H3,(H,28,35)(H,29,32)(H,30,36)(H,33,34). The highest BCUT2D eigenvalue weighted by Gasteiger charge is 2.22. The molecule has 0 saturated heterocycles. The van der Waals surface area contributed by atoms with Crippen LogP contribution in [0.15, 0.2) is 59.1 Å². The molecule has 0 saturated carbocycles. The van der Waals surface area contributed by atoms with Gasteiger partial charge in [-0.3, -0.25) is 15.4 Å². The monoisotopic (exact) mass is 529 g/mol. The summed E-state index contributed by atoms with van der Waals surface area (Å²) in [4.78, 5) is 48.2. The van der Waals surface area contributed by atoms with Gasteiger partial charge in [0.1, 0.15) is 0 Å². The van der Waals surface area contributed by atoms with Crippen molar-refractivity contribution in [3.63, 3.8) is 0 Å². The van der Waals surface area contributed by atoms with Gasteiger partial charge in [-0.25, -0.2) is 14.4 Å². The number of hydrogen-bond donors (Lipinski definition) is 4. The van der Waals surface area contributed by atoms with E-state index in [0.717, 1.165) is 6.07 Å². The molecule has 0 aliphatic carbocycles. The zero-order chi connectivity index (χ0) is 28.1. The van der Waals surface area contributed by atoms with Crippen LogP contribution in [-0.2, 0) is 9.47 Å². The maximum absolute atomic E-state index is 13.1. The largest absolute Gasteiger partial charge is 0.478 e. The first kappa shape index (κ1) is 26.2. The Balaban J connectivity index is 1.75. The normalized spacial score (nSPS) is 10.3. The summed E-state index contributed by atoms with van der Waals surface area (Å²) in [5, 5.41) is 30.3. The number of anilines is 3. The number of carboxylic acids is 1. The molecule has 13 nitrogen and oxygen atoms in total. The number of ether oxygens (including phenoxy) is 2. The number of fused-ring (bicyclic) bond motifs is 1. The zero-order valence-electron chi connectivity index (χ0n) is 20.4. The first-order valence-electron chi connectivity index (χ1n) is 11.1. The summed E-state index contributed by atoms with van der Waals surface area (Å²) in [7, 11) is 2.44. The zero-order valence-corrected chi connectivity index (χ0v) is 20.4. The van der Waals surface area contributed by atoms with Gasteiger partial charge >= 0.3 is 18.2 Å². The van der Waals surface area contributed by atoms with E-state index in [2.05, 4.69) is 25.8 Å². The van der Waals surface area contributed by atoms with E-state index in [0.29, 0.717) is 16.8 Å². The van der Waals surface area contributed by atoms with Crippen molar-refractivity contribution in [2.75, 3.05) is 30.2 Å². The van der Waals surface area contributed by atoms with Crippen molar-refractivity contribution in [3.05, 3.63) is 71.4 Å². The van der Waals surface area contributed by atoms with Crippen molar-refractivity contribution in [3.8, 4) is 17.2 Å². The van der Waals surface area contributed by atoms with Gasteiger partial charge in [0.15, 0.2) is 11.3 Å². The predicted molar refractivity (Wildman–Crippen MR) is 138 cm³/mol. The molecule has 196 valence electrons. The second-order valence-corrected chi connectivity index (χ2v) is 7.87. The molecule has 1 heterocycles. The van der Waals surface area contributed by atoms with Crippen molar-refractivity contribution >= 4 is 52.1 Å². The minimum absolute atomic E-state index is 0.0412. The number of carboxylic acid groups (broad SMARTS) is 1. The van der Waals surface area contributed by atoms with E-state index >= 15 is 0 Å². The van der Waals surface area contributed by atoms with Crippen LogP contribution >= 0.6 is 0 Å². The van der Waals surface area contributed by atoms with Crippen molar-refractivity contribution in [2.45, 2.75) is 0 Å². The van der Waals surface area contributed by atoms with E-state index in [4.69, 9.17) is 14.5 Å². The summed E-state index contributed by atoms with van der Waals surface area (Å²) in [6.07, 6.45) is -1.40. The molecule has 0 bridgehead atoms. The molecule has 0 fully saturated rings. The molecule has 1 aromatic heterocycles. The molecule has 39 heavy (non-hydrogen) atoms. The van der Waals surface area contributed by atoms with Gasteiger partial charge in [0.25, 0.3) is 5.91 Å². The Morgan fingerprint density at radius 1 is 0.897 bits per heavy atom. The van der Waals surface area contributed by atoms with Crippen LogP contribution in [0.4, 0.5) is 26.7 Å². The van der Waals surface area contributed by atoms with E-state index in [1.165, 1.54) is 32.4 Å². The lowest BCUT2D eigenvalue weighted by atomic mass is 10.00. The number of carbonyl (C=O) groups is 4. The quantitative estimate of drug-likeness (QED) is 0.273. The molecule has 0 unspecified atom stereocenters. The fourth-order valence-corrected chi connectivity index (χ4v) is 3.63. The predicted octanol–water partition coefficient (Wildman–Crippen LogP) is 4.67. The summed E-state index contributed by atoms with van der Waals surface area (Å²) in [6, 6.07) is 15.2. The minimum Gasteiger partial charge on any atom is -0.478 e. The smallest absolute Gasteiger partial charge is 0.411 e. The highest BCUT2D eigenvalue weighted by Crippen LogP contribution is 2.35. The molecular weight excluding hydrogens is 510 g/mol. The maximum atomic E-state index is 13.1. The van der Waals surface area contributed by atoms with Gasteiger partial charge in [0.05, 0.1) is 48.2 Å². The Bertz CT molecular complexity index is 1650. The maximum Gasteiger partial charge on any atom is 0.411 e. The first-order valence-corrected chi connectivity index (χ1v) is 11.1. The third-order valence-corrected chi connectivity index (χ3v) is 5.50. The van der Waals surface area contributed by atoms with E-state index < -0.39 is 24.1 Å². The number of nitrogens with zero attached hydrogens (tertiary/aromatic N) is 2. The molecule has 0 aliphatic rings. The number of rotatable bonds is 6. The third kappa shape index (κ3) is 5.59.